The topological polar surface area (TPSA) is 37.0 Å². The Morgan fingerprint density at radius 3 is 2.36 bits per heavy atom. The van der Waals surface area contributed by atoms with E-state index < -0.39 is 0 Å². The Kier molecular flexibility index (Phi) is 5.21. The van der Waals surface area contributed by atoms with Crippen molar-refractivity contribution in [3.05, 3.63) is 53.1 Å². The molecule has 4 rings (SSSR count). The summed E-state index contributed by atoms with van der Waals surface area (Å²) < 4.78 is 11.1. The first kappa shape index (κ1) is 19.1. The van der Waals surface area contributed by atoms with Crippen LogP contribution in [0.5, 0.6) is 11.5 Å². The molecule has 0 bridgehead atoms. The van der Waals surface area contributed by atoms with Crippen molar-refractivity contribution in [2.75, 3.05) is 46.3 Å². The molecule has 0 spiro atoms. The summed E-state index contributed by atoms with van der Waals surface area (Å²) in [7, 11) is 7.58. The van der Waals surface area contributed by atoms with E-state index in [4.69, 9.17) is 9.47 Å². The second-order valence-electron chi connectivity index (χ2n) is 8.11. The van der Waals surface area contributed by atoms with Crippen LogP contribution in [0.2, 0.25) is 0 Å². The summed E-state index contributed by atoms with van der Waals surface area (Å²) in [6.45, 7) is 4.36. The molecule has 5 heteroatoms. The number of ether oxygens (including phenoxy) is 2. The van der Waals surface area contributed by atoms with E-state index in [0.29, 0.717) is 12.0 Å². The van der Waals surface area contributed by atoms with Crippen molar-refractivity contribution in [2.45, 2.75) is 25.6 Å². The minimum atomic E-state index is 0.235. The van der Waals surface area contributed by atoms with Crippen LogP contribution >= 0.6 is 0 Å². The third kappa shape index (κ3) is 3.23. The van der Waals surface area contributed by atoms with Crippen LogP contribution in [-0.4, -0.2) is 46.3 Å². The summed E-state index contributed by atoms with van der Waals surface area (Å²) in [4.78, 5) is 4.76. The molecule has 5 nitrogen and oxygen atoms in total. The molecule has 2 aromatic carbocycles. The van der Waals surface area contributed by atoms with Crippen molar-refractivity contribution in [3.8, 4) is 11.5 Å². The first-order chi connectivity index (χ1) is 13.5. The minimum absolute atomic E-state index is 0.235. The molecule has 0 saturated carbocycles. The average molecular weight is 382 g/mol. The molecule has 2 aliphatic rings. The Labute approximate surface area is 168 Å². The van der Waals surface area contributed by atoms with Gasteiger partial charge in [0.1, 0.15) is 0 Å². The smallest absolute Gasteiger partial charge is 0.161 e. The van der Waals surface area contributed by atoms with Crippen LogP contribution < -0.4 is 19.7 Å². The van der Waals surface area contributed by atoms with Gasteiger partial charge in [-0.1, -0.05) is 19.1 Å². The predicted molar refractivity (Wildman–Crippen MR) is 113 cm³/mol. The lowest BCUT2D eigenvalue weighted by Gasteiger charge is -2.49. The largest absolute Gasteiger partial charge is 0.493 e. The van der Waals surface area contributed by atoms with Gasteiger partial charge in [0.05, 0.1) is 20.4 Å². The monoisotopic (exact) mass is 381 g/mol. The van der Waals surface area contributed by atoms with Crippen LogP contribution in [0.4, 0.5) is 5.69 Å². The molecule has 1 N–H and O–H groups in total. The number of anilines is 1. The van der Waals surface area contributed by atoms with Gasteiger partial charge in [0.2, 0.25) is 0 Å². The van der Waals surface area contributed by atoms with Crippen LogP contribution in [0.15, 0.2) is 36.4 Å². The Balaban J connectivity index is 1.69. The highest BCUT2D eigenvalue weighted by Gasteiger charge is 2.40. The SMILES string of the molecule is COc1cc2c(cc1OC)[C@H]1[C@H](C)CN[C@H](c3ccc(N(C)C)cc3)N1CC2. The third-order valence-electron chi connectivity index (χ3n) is 6.19. The molecule has 2 aromatic rings. The van der Waals surface area contributed by atoms with Crippen molar-refractivity contribution in [2.24, 2.45) is 5.92 Å². The van der Waals surface area contributed by atoms with Gasteiger partial charge >= 0.3 is 0 Å². The zero-order valence-electron chi connectivity index (χ0n) is 17.5. The van der Waals surface area contributed by atoms with E-state index in [2.05, 4.69) is 72.5 Å². The molecule has 0 unspecified atom stereocenters. The minimum Gasteiger partial charge on any atom is -0.493 e. The van der Waals surface area contributed by atoms with Gasteiger partial charge in [0.25, 0.3) is 0 Å². The maximum atomic E-state index is 5.60. The number of benzene rings is 2. The first-order valence-electron chi connectivity index (χ1n) is 10.0. The molecule has 1 saturated heterocycles. The summed E-state index contributed by atoms with van der Waals surface area (Å²) in [5, 5.41) is 3.77. The summed E-state index contributed by atoms with van der Waals surface area (Å²) in [5.74, 6) is 2.17. The van der Waals surface area contributed by atoms with Crippen molar-refractivity contribution in [3.63, 3.8) is 0 Å². The summed E-state index contributed by atoms with van der Waals surface area (Å²) in [5.41, 5.74) is 5.32. The maximum Gasteiger partial charge on any atom is 0.161 e. The fourth-order valence-electron chi connectivity index (χ4n) is 4.71. The normalized spacial score (nSPS) is 24.2. The Morgan fingerprint density at radius 2 is 1.71 bits per heavy atom. The quantitative estimate of drug-likeness (QED) is 0.876. The van der Waals surface area contributed by atoms with Gasteiger partial charge in [-0.3, -0.25) is 10.2 Å². The summed E-state index contributed by atoms with van der Waals surface area (Å²) in [6, 6.07) is 13.7. The van der Waals surface area contributed by atoms with Crippen LogP contribution in [0.3, 0.4) is 0 Å². The molecular weight excluding hydrogens is 350 g/mol. The highest BCUT2D eigenvalue weighted by Crippen LogP contribution is 2.45. The molecule has 0 radical (unpaired) electrons. The zero-order chi connectivity index (χ0) is 19.8. The van der Waals surface area contributed by atoms with Crippen LogP contribution in [0.25, 0.3) is 0 Å². The number of hydrogen-bond donors (Lipinski definition) is 1. The van der Waals surface area contributed by atoms with Crippen molar-refractivity contribution >= 4 is 5.69 Å². The predicted octanol–water partition coefficient (Wildman–Crippen LogP) is 3.61. The second-order valence-corrected chi connectivity index (χ2v) is 8.11. The third-order valence-corrected chi connectivity index (χ3v) is 6.19. The molecule has 3 atom stereocenters. The van der Waals surface area contributed by atoms with Gasteiger partial charge in [-0.05, 0) is 53.3 Å². The van der Waals surface area contributed by atoms with Gasteiger partial charge in [-0.25, -0.2) is 0 Å². The standard InChI is InChI=1S/C23H31N3O2/c1-15-14-24-23(16-6-8-18(9-7-16)25(2)3)26-11-10-17-12-20(27-4)21(28-5)13-19(17)22(15)26/h6-9,12-13,15,22-24H,10-11,14H2,1-5H3/t15-,22-,23+/m1/s1. The summed E-state index contributed by atoms with van der Waals surface area (Å²) >= 11 is 0. The van der Waals surface area contributed by atoms with E-state index in [-0.39, 0.29) is 6.17 Å². The van der Waals surface area contributed by atoms with E-state index in [0.717, 1.165) is 31.0 Å². The zero-order valence-corrected chi connectivity index (χ0v) is 17.5. The molecule has 28 heavy (non-hydrogen) atoms. The fourth-order valence-corrected chi connectivity index (χ4v) is 4.71. The van der Waals surface area contributed by atoms with E-state index >= 15 is 0 Å². The number of fused-ring (bicyclic) bond motifs is 3. The van der Waals surface area contributed by atoms with E-state index in [1.165, 1.54) is 22.4 Å². The van der Waals surface area contributed by atoms with E-state index in [9.17, 15) is 0 Å². The Hall–Kier alpha value is -2.24. The second kappa shape index (κ2) is 7.64. The van der Waals surface area contributed by atoms with E-state index in [1.54, 1.807) is 14.2 Å². The van der Waals surface area contributed by atoms with Gasteiger partial charge in [-0.15, -0.1) is 0 Å². The molecule has 0 aliphatic carbocycles. The van der Waals surface area contributed by atoms with Gasteiger partial charge in [-0.2, -0.15) is 0 Å². The van der Waals surface area contributed by atoms with Crippen LogP contribution in [0, 0.1) is 5.92 Å². The number of nitrogens with zero attached hydrogens (tertiary/aromatic N) is 2. The van der Waals surface area contributed by atoms with Crippen LogP contribution in [-0.2, 0) is 6.42 Å². The molecule has 0 aromatic heterocycles. The average Bonchev–Trinajstić information content (AvgIpc) is 2.72. The number of hydrogen-bond acceptors (Lipinski definition) is 5. The Bertz CT molecular complexity index is 834. The maximum absolute atomic E-state index is 5.60. The van der Waals surface area contributed by atoms with Crippen LogP contribution in [0.1, 0.15) is 35.8 Å². The van der Waals surface area contributed by atoms with Crippen molar-refractivity contribution in [1.82, 2.24) is 10.2 Å². The van der Waals surface area contributed by atoms with Gasteiger partial charge < -0.3 is 14.4 Å². The molecule has 150 valence electrons. The lowest BCUT2D eigenvalue weighted by atomic mass is 9.82. The number of nitrogens with one attached hydrogen (secondary N) is 1. The molecule has 1 fully saturated rings. The van der Waals surface area contributed by atoms with Crippen molar-refractivity contribution < 1.29 is 9.47 Å². The van der Waals surface area contributed by atoms with E-state index in [1.807, 2.05) is 0 Å². The number of rotatable bonds is 4. The van der Waals surface area contributed by atoms with Gasteiger partial charge in [0.15, 0.2) is 11.5 Å². The van der Waals surface area contributed by atoms with Gasteiger partial charge in [0, 0.05) is 38.9 Å². The highest BCUT2D eigenvalue weighted by atomic mass is 16.5. The summed E-state index contributed by atoms with van der Waals surface area (Å²) in [6.07, 6.45) is 1.26. The number of methoxy groups -OCH3 is 2. The van der Waals surface area contributed by atoms with Crippen molar-refractivity contribution in [1.29, 1.82) is 0 Å². The highest BCUT2D eigenvalue weighted by molar-refractivity contribution is 5.50. The molecule has 2 heterocycles. The molecule has 2 aliphatic heterocycles. The fraction of sp³-hybridized carbons (Fsp3) is 0.478. The lowest BCUT2D eigenvalue weighted by molar-refractivity contribution is 0.0256. The lowest BCUT2D eigenvalue weighted by Crippen LogP contribution is -2.53. The first-order valence-corrected chi connectivity index (χ1v) is 10.0. The molecule has 0 amide bonds. The molecular formula is C23H31N3O2. The Morgan fingerprint density at radius 1 is 1.04 bits per heavy atom.